The first kappa shape index (κ1) is 20.7. The molecule has 1 unspecified atom stereocenters. The summed E-state index contributed by atoms with van der Waals surface area (Å²) >= 11 is 5.38. The van der Waals surface area contributed by atoms with Gasteiger partial charge in [-0.15, -0.1) is 0 Å². The van der Waals surface area contributed by atoms with Gasteiger partial charge < -0.3 is 14.0 Å². The monoisotopic (exact) mass is 445 g/mol. The minimum absolute atomic E-state index is 0.0824. The van der Waals surface area contributed by atoms with Crippen molar-refractivity contribution in [3.8, 4) is 0 Å². The zero-order valence-corrected chi connectivity index (χ0v) is 19.0. The first-order chi connectivity index (χ1) is 15.7. The lowest BCUT2D eigenvalue weighted by atomic mass is 9.96. The van der Waals surface area contributed by atoms with E-state index in [1.165, 1.54) is 5.56 Å². The molecule has 6 nitrogen and oxygen atoms in total. The molecule has 2 aromatic heterocycles. The minimum atomic E-state index is 0.0824. The molecule has 1 aliphatic heterocycles. The summed E-state index contributed by atoms with van der Waals surface area (Å²) in [5.74, 6) is 1.23. The third kappa shape index (κ3) is 3.77. The number of rotatable bonds is 5. The van der Waals surface area contributed by atoms with Gasteiger partial charge in [-0.1, -0.05) is 48.5 Å². The number of amides is 1. The third-order valence-corrected chi connectivity index (χ3v) is 6.70. The maximum Gasteiger partial charge on any atom is 0.270 e. The molecule has 0 radical (unpaired) electrons. The predicted octanol–water partition coefficient (Wildman–Crippen LogP) is 4.98. The van der Waals surface area contributed by atoms with Gasteiger partial charge in [0, 0.05) is 43.0 Å². The van der Waals surface area contributed by atoms with Gasteiger partial charge in [0.15, 0.2) is 4.77 Å². The van der Waals surface area contributed by atoms with E-state index in [2.05, 4.69) is 46.0 Å². The van der Waals surface area contributed by atoms with Crippen LogP contribution in [0.25, 0.3) is 10.9 Å². The van der Waals surface area contributed by atoms with E-state index in [1.54, 1.807) is 0 Å². The van der Waals surface area contributed by atoms with Gasteiger partial charge in [0.05, 0.1) is 0 Å². The summed E-state index contributed by atoms with van der Waals surface area (Å²) in [6.07, 6.45) is 1.97. The molecule has 0 aliphatic carbocycles. The van der Waals surface area contributed by atoms with Crippen molar-refractivity contribution in [3.63, 3.8) is 0 Å². The highest BCUT2D eigenvalue weighted by Crippen LogP contribution is 2.29. The summed E-state index contributed by atoms with van der Waals surface area (Å²) in [6, 6.07) is 20.6. The van der Waals surface area contributed by atoms with Gasteiger partial charge in [0.1, 0.15) is 11.5 Å². The van der Waals surface area contributed by atoms with Gasteiger partial charge in [-0.3, -0.25) is 9.89 Å². The van der Waals surface area contributed by atoms with Crippen molar-refractivity contribution in [2.45, 2.75) is 38.8 Å². The molecule has 1 fully saturated rings. The van der Waals surface area contributed by atoms with Crippen LogP contribution in [0.4, 0.5) is 0 Å². The summed E-state index contributed by atoms with van der Waals surface area (Å²) in [6.45, 7) is 4.94. The number of aromatic nitrogens is 4. The Morgan fingerprint density at radius 2 is 1.91 bits per heavy atom. The van der Waals surface area contributed by atoms with Crippen LogP contribution in [-0.4, -0.2) is 43.2 Å². The van der Waals surface area contributed by atoms with Crippen molar-refractivity contribution in [3.05, 3.63) is 82.5 Å². The number of likely N-dealkylation sites (tertiary alicyclic amines) is 1. The fourth-order valence-electron chi connectivity index (χ4n) is 4.81. The van der Waals surface area contributed by atoms with Gasteiger partial charge in [-0.05, 0) is 49.7 Å². The molecular weight excluding hydrogens is 418 g/mol. The van der Waals surface area contributed by atoms with E-state index < -0.39 is 0 Å². The Kier molecular flexibility index (Phi) is 5.66. The van der Waals surface area contributed by atoms with Crippen molar-refractivity contribution in [2.75, 3.05) is 13.1 Å². The van der Waals surface area contributed by atoms with Crippen LogP contribution >= 0.6 is 12.2 Å². The largest absolute Gasteiger partial charge is 0.337 e. The first-order valence-electron chi connectivity index (χ1n) is 11.2. The smallest absolute Gasteiger partial charge is 0.270 e. The number of aromatic amines is 1. The lowest BCUT2D eigenvalue weighted by Gasteiger charge is -2.32. The fraction of sp³-hybridized carbons (Fsp3) is 0.320. The zero-order valence-electron chi connectivity index (χ0n) is 18.2. The molecule has 0 bridgehead atoms. The average Bonchev–Trinajstić information content (AvgIpc) is 3.39. The Morgan fingerprint density at radius 3 is 2.72 bits per heavy atom. The Balaban J connectivity index is 1.48. The molecule has 1 aliphatic rings. The van der Waals surface area contributed by atoms with Crippen LogP contribution < -0.4 is 0 Å². The molecule has 1 atom stereocenters. The van der Waals surface area contributed by atoms with E-state index in [9.17, 15) is 4.79 Å². The molecule has 164 valence electrons. The van der Waals surface area contributed by atoms with Crippen LogP contribution in [0.3, 0.4) is 0 Å². The Morgan fingerprint density at radius 1 is 1.12 bits per heavy atom. The van der Waals surface area contributed by atoms with Crippen molar-refractivity contribution in [2.24, 2.45) is 0 Å². The molecule has 4 aromatic rings. The second-order valence-corrected chi connectivity index (χ2v) is 8.77. The number of nitrogens with zero attached hydrogens (tertiary/aromatic N) is 4. The SMILES string of the molecule is CCn1c(C2CCCN(C(=O)c3cc4ccccc4n3Cc3ccccc3)C2)n[nH]c1=S. The van der Waals surface area contributed by atoms with Crippen molar-refractivity contribution >= 4 is 29.0 Å². The number of carbonyl (C=O) groups excluding carboxylic acids is 1. The summed E-state index contributed by atoms with van der Waals surface area (Å²) in [4.78, 5) is 15.8. The highest BCUT2D eigenvalue weighted by Gasteiger charge is 2.30. The number of fused-ring (bicyclic) bond motifs is 1. The normalized spacial score (nSPS) is 16.5. The third-order valence-electron chi connectivity index (χ3n) is 6.39. The topological polar surface area (TPSA) is 58.9 Å². The summed E-state index contributed by atoms with van der Waals surface area (Å²) in [5.41, 5.74) is 3.00. The molecule has 2 aromatic carbocycles. The Labute approximate surface area is 192 Å². The summed E-state index contributed by atoms with van der Waals surface area (Å²) in [7, 11) is 0. The van der Waals surface area contributed by atoms with Gasteiger partial charge in [0.25, 0.3) is 5.91 Å². The highest BCUT2D eigenvalue weighted by atomic mass is 32.1. The molecule has 1 amide bonds. The van der Waals surface area contributed by atoms with E-state index in [4.69, 9.17) is 12.2 Å². The Hall–Kier alpha value is -3.19. The number of nitrogens with one attached hydrogen (secondary N) is 1. The van der Waals surface area contributed by atoms with Crippen LogP contribution in [0.2, 0.25) is 0 Å². The lowest BCUT2D eigenvalue weighted by molar-refractivity contribution is 0.0693. The van der Waals surface area contributed by atoms with E-state index in [0.717, 1.165) is 48.4 Å². The van der Waals surface area contributed by atoms with E-state index in [-0.39, 0.29) is 11.8 Å². The van der Waals surface area contributed by atoms with Gasteiger partial charge in [-0.2, -0.15) is 5.10 Å². The number of piperidine rings is 1. The van der Waals surface area contributed by atoms with Gasteiger partial charge >= 0.3 is 0 Å². The second-order valence-electron chi connectivity index (χ2n) is 8.38. The molecule has 5 rings (SSSR count). The van der Waals surface area contributed by atoms with Crippen LogP contribution in [-0.2, 0) is 13.1 Å². The predicted molar refractivity (Wildman–Crippen MR) is 128 cm³/mol. The molecule has 0 spiro atoms. The fourth-order valence-corrected chi connectivity index (χ4v) is 5.07. The molecule has 32 heavy (non-hydrogen) atoms. The molecule has 0 saturated carbocycles. The number of carbonyl (C=O) groups is 1. The number of hydrogen-bond donors (Lipinski definition) is 1. The van der Waals surface area contributed by atoms with Crippen molar-refractivity contribution < 1.29 is 4.79 Å². The maximum absolute atomic E-state index is 13.8. The first-order valence-corrected chi connectivity index (χ1v) is 11.6. The van der Waals surface area contributed by atoms with Crippen molar-refractivity contribution in [1.82, 2.24) is 24.2 Å². The maximum atomic E-state index is 13.8. The van der Waals surface area contributed by atoms with Crippen LogP contribution in [0.1, 0.15) is 47.6 Å². The van der Waals surface area contributed by atoms with E-state index >= 15 is 0 Å². The molecule has 7 heteroatoms. The van der Waals surface area contributed by atoms with Gasteiger partial charge in [0.2, 0.25) is 0 Å². The van der Waals surface area contributed by atoms with Gasteiger partial charge in [-0.25, -0.2) is 0 Å². The zero-order chi connectivity index (χ0) is 22.1. The van der Waals surface area contributed by atoms with E-state index in [1.807, 2.05) is 45.9 Å². The minimum Gasteiger partial charge on any atom is -0.337 e. The van der Waals surface area contributed by atoms with Crippen molar-refractivity contribution in [1.29, 1.82) is 0 Å². The number of benzene rings is 2. The van der Waals surface area contributed by atoms with Crippen LogP contribution in [0.15, 0.2) is 60.7 Å². The summed E-state index contributed by atoms with van der Waals surface area (Å²) < 4.78 is 4.84. The van der Waals surface area contributed by atoms with Crippen LogP contribution in [0, 0.1) is 4.77 Å². The second kappa shape index (κ2) is 8.74. The average molecular weight is 446 g/mol. The number of para-hydroxylation sites is 1. The van der Waals surface area contributed by atoms with E-state index in [0.29, 0.717) is 17.9 Å². The molecule has 3 heterocycles. The summed E-state index contributed by atoms with van der Waals surface area (Å²) in [5, 5.41) is 8.50. The Bertz CT molecular complexity index is 1300. The van der Waals surface area contributed by atoms with Crippen LogP contribution in [0.5, 0.6) is 0 Å². The number of hydrogen-bond acceptors (Lipinski definition) is 3. The standard InChI is InChI=1S/C25H27N5OS/c1-2-29-23(26-27-25(29)32)20-12-8-14-28(17-20)24(31)22-15-19-11-6-7-13-21(19)30(22)16-18-9-4-3-5-10-18/h3-7,9-11,13,15,20H,2,8,12,14,16-17H2,1H3,(H,27,32). The molecule has 1 N–H and O–H groups in total. The lowest BCUT2D eigenvalue weighted by Crippen LogP contribution is -2.40. The number of H-pyrrole nitrogens is 1. The molecule has 1 saturated heterocycles. The quantitative estimate of drug-likeness (QED) is 0.441. The molecular formula is C25H27N5OS. The highest BCUT2D eigenvalue weighted by molar-refractivity contribution is 7.71.